The van der Waals surface area contributed by atoms with Crippen LogP contribution in [0.3, 0.4) is 0 Å². The first-order valence-electron chi connectivity index (χ1n) is 13.8. The zero-order valence-corrected chi connectivity index (χ0v) is 24.6. The molecule has 0 aliphatic carbocycles. The second kappa shape index (κ2) is 11.5. The third kappa shape index (κ3) is 5.76. The Bertz CT molecular complexity index is 2140. The van der Waals surface area contributed by atoms with Crippen molar-refractivity contribution in [1.29, 1.82) is 0 Å². The van der Waals surface area contributed by atoms with E-state index in [0.717, 1.165) is 36.3 Å². The topological polar surface area (TPSA) is 185 Å². The quantitative estimate of drug-likeness (QED) is 0.176. The summed E-state index contributed by atoms with van der Waals surface area (Å²) in [6.45, 7) is 2.03. The molecule has 0 spiro atoms. The lowest BCUT2D eigenvalue weighted by atomic mass is 10.1. The molecule has 1 unspecified atom stereocenters. The van der Waals surface area contributed by atoms with Crippen LogP contribution in [0.4, 0.5) is 10.1 Å². The number of unbranched alkanes of at least 4 members (excludes halogenated alkanes) is 1. The first kappa shape index (κ1) is 29.0. The van der Waals surface area contributed by atoms with Gasteiger partial charge in [-0.25, -0.2) is 22.8 Å². The molecule has 12 nitrogen and oxygen atoms in total. The number of carbonyl (C=O) groups excluding carboxylic acids is 1. The molecule has 0 radical (unpaired) electrons. The van der Waals surface area contributed by atoms with E-state index in [4.69, 9.17) is 10.7 Å². The minimum Gasteiger partial charge on any atom is -0.336 e. The molecule has 0 saturated heterocycles. The fraction of sp³-hybridized carbons (Fsp3) is 0.200. The summed E-state index contributed by atoms with van der Waals surface area (Å²) in [6.07, 6.45) is 9.69. The maximum atomic E-state index is 14.6. The van der Waals surface area contributed by atoms with Gasteiger partial charge >= 0.3 is 0 Å². The number of hydrogen-bond donors (Lipinski definition) is 4. The third-order valence-corrected chi connectivity index (χ3v) is 8.33. The number of sulfone groups is 1. The maximum absolute atomic E-state index is 14.6. The molecule has 0 fully saturated rings. The van der Waals surface area contributed by atoms with Crippen LogP contribution in [-0.2, 0) is 14.6 Å². The third-order valence-electron chi connectivity index (χ3n) is 7.14. The lowest BCUT2D eigenvalue weighted by Crippen LogP contribution is -2.20. The minimum absolute atomic E-state index is 0.0667. The standard InChI is InChI=1S/C30H28FN9O3S/c1-3-4-5-24(41)36-21-11-18(13-33-15-21)19-12-22-26(39-40-29(22)35-14-19)30-37-23-6-7-34-25(27(23)38-30)16-8-17(10-20(31)9-16)28(32)44(2,42)43/h6-15,28H,3-5,32H2,1-2H3,(H,36,41)(H,37,38)(H,35,39,40). The van der Waals surface area contributed by atoms with Gasteiger partial charge in [-0.3, -0.25) is 19.9 Å². The van der Waals surface area contributed by atoms with Gasteiger partial charge in [0, 0.05) is 48.0 Å². The fourth-order valence-electron chi connectivity index (χ4n) is 4.89. The molecule has 0 saturated carbocycles. The number of aromatic nitrogens is 7. The van der Waals surface area contributed by atoms with Crippen molar-refractivity contribution >= 4 is 43.5 Å². The number of nitrogens with two attached hydrogens (primary N) is 1. The number of rotatable bonds is 9. The summed E-state index contributed by atoms with van der Waals surface area (Å²) in [5, 5.41) is 9.55. The van der Waals surface area contributed by atoms with Crippen molar-refractivity contribution in [2.75, 3.05) is 11.6 Å². The van der Waals surface area contributed by atoms with Gasteiger partial charge in [-0.15, -0.1) is 0 Å². The number of carbonyl (C=O) groups is 1. The molecule has 14 heteroatoms. The number of imidazole rings is 1. The summed E-state index contributed by atoms with van der Waals surface area (Å²) >= 11 is 0. The number of benzene rings is 1. The molecule has 0 aliphatic heterocycles. The lowest BCUT2D eigenvalue weighted by molar-refractivity contribution is -0.116. The van der Waals surface area contributed by atoms with Crippen LogP contribution in [-0.4, -0.2) is 55.7 Å². The molecule has 1 aromatic carbocycles. The fourth-order valence-corrected chi connectivity index (χ4v) is 5.52. The Morgan fingerprint density at radius 1 is 1.05 bits per heavy atom. The van der Waals surface area contributed by atoms with Crippen molar-refractivity contribution in [2.24, 2.45) is 5.73 Å². The average Bonchev–Trinajstić information content (AvgIpc) is 3.62. The van der Waals surface area contributed by atoms with Crippen LogP contribution < -0.4 is 11.1 Å². The molecule has 5 heterocycles. The van der Waals surface area contributed by atoms with E-state index in [1.165, 1.54) is 12.1 Å². The van der Waals surface area contributed by atoms with Crippen LogP contribution in [0.5, 0.6) is 0 Å². The Balaban J connectivity index is 1.38. The molecule has 224 valence electrons. The molecule has 44 heavy (non-hydrogen) atoms. The van der Waals surface area contributed by atoms with Crippen LogP contribution in [0.25, 0.3) is 56.0 Å². The highest BCUT2D eigenvalue weighted by Crippen LogP contribution is 2.33. The van der Waals surface area contributed by atoms with Gasteiger partial charge in [0.25, 0.3) is 0 Å². The zero-order valence-electron chi connectivity index (χ0n) is 23.8. The van der Waals surface area contributed by atoms with Crippen LogP contribution in [0.2, 0.25) is 0 Å². The van der Waals surface area contributed by atoms with E-state index >= 15 is 0 Å². The van der Waals surface area contributed by atoms with Crippen LogP contribution in [0.1, 0.15) is 37.1 Å². The predicted molar refractivity (Wildman–Crippen MR) is 165 cm³/mol. The largest absolute Gasteiger partial charge is 0.336 e. The van der Waals surface area contributed by atoms with Gasteiger partial charge in [-0.2, -0.15) is 5.10 Å². The summed E-state index contributed by atoms with van der Waals surface area (Å²) in [6, 6.07) is 9.31. The second-order valence-electron chi connectivity index (χ2n) is 10.5. The van der Waals surface area contributed by atoms with Crippen LogP contribution in [0, 0.1) is 5.82 Å². The molecular formula is C30H28FN9O3S. The van der Waals surface area contributed by atoms with E-state index < -0.39 is 21.0 Å². The number of halogens is 1. The van der Waals surface area contributed by atoms with Crippen LogP contribution in [0.15, 0.2) is 61.2 Å². The van der Waals surface area contributed by atoms with Gasteiger partial charge in [0.15, 0.2) is 21.3 Å². The van der Waals surface area contributed by atoms with Crippen molar-refractivity contribution < 1.29 is 17.6 Å². The maximum Gasteiger partial charge on any atom is 0.224 e. The number of hydrogen-bond acceptors (Lipinski definition) is 9. The van der Waals surface area contributed by atoms with Gasteiger partial charge in [0.05, 0.1) is 28.5 Å². The van der Waals surface area contributed by atoms with Crippen molar-refractivity contribution in [3.05, 3.63) is 72.6 Å². The molecule has 0 bridgehead atoms. The normalized spacial score (nSPS) is 12.5. The monoisotopic (exact) mass is 613 g/mol. The van der Waals surface area contributed by atoms with Gasteiger partial charge in [0.1, 0.15) is 22.4 Å². The van der Waals surface area contributed by atoms with Crippen LogP contribution >= 0.6 is 0 Å². The first-order chi connectivity index (χ1) is 21.1. The first-order valence-corrected chi connectivity index (χ1v) is 15.8. The van der Waals surface area contributed by atoms with E-state index in [2.05, 4.69) is 35.5 Å². The summed E-state index contributed by atoms with van der Waals surface area (Å²) in [7, 11) is -3.67. The summed E-state index contributed by atoms with van der Waals surface area (Å²) in [4.78, 5) is 33.4. The second-order valence-corrected chi connectivity index (χ2v) is 12.6. The number of anilines is 1. The molecule has 6 rings (SSSR count). The molecule has 0 aliphatic rings. The number of nitrogens with one attached hydrogen (secondary N) is 3. The zero-order chi connectivity index (χ0) is 31.0. The summed E-state index contributed by atoms with van der Waals surface area (Å²) in [5.41, 5.74) is 10.8. The highest BCUT2D eigenvalue weighted by atomic mass is 32.2. The van der Waals surface area contributed by atoms with Crippen molar-refractivity contribution in [3.63, 3.8) is 0 Å². The molecule has 6 aromatic rings. The Labute approximate surface area is 251 Å². The van der Waals surface area contributed by atoms with Gasteiger partial charge in [0.2, 0.25) is 5.91 Å². The van der Waals surface area contributed by atoms with Crippen molar-refractivity contribution in [1.82, 2.24) is 35.1 Å². The molecule has 1 amide bonds. The van der Waals surface area contributed by atoms with E-state index in [0.29, 0.717) is 57.0 Å². The van der Waals surface area contributed by atoms with Crippen molar-refractivity contribution in [3.8, 4) is 33.9 Å². The lowest BCUT2D eigenvalue weighted by Gasteiger charge is -2.12. The average molecular weight is 614 g/mol. The highest BCUT2D eigenvalue weighted by molar-refractivity contribution is 7.90. The number of amides is 1. The molecule has 1 atom stereocenters. The molecular weight excluding hydrogens is 585 g/mol. The van der Waals surface area contributed by atoms with E-state index in [1.54, 1.807) is 30.9 Å². The SMILES string of the molecule is CCCCC(=O)Nc1cncc(-c2cnc3[nH]nc(-c4nc5c(-c6cc(F)cc(C(N)S(C)(=O)=O)c6)nccc5[nH]4)c3c2)c1. The number of aromatic amines is 2. The number of nitrogens with zero attached hydrogens (tertiary/aromatic N) is 5. The Morgan fingerprint density at radius 3 is 2.66 bits per heavy atom. The van der Waals surface area contributed by atoms with Gasteiger partial charge in [-0.1, -0.05) is 13.3 Å². The highest BCUT2D eigenvalue weighted by Gasteiger charge is 2.22. The van der Waals surface area contributed by atoms with E-state index in [-0.39, 0.29) is 11.5 Å². The summed E-state index contributed by atoms with van der Waals surface area (Å²) in [5.74, 6) is -0.302. The van der Waals surface area contributed by atoms with E-state index in [1.807, 2.05) is 19.1 Å². The number of fused-ring (bicyclic) bond motifs is 2. The number of pyridine rings is 3. The number of H-pyrrole nitrogens is 2. The Hall–Kier alpha value is -5.08. The Morgan fingerprint density at radius 2 is 1.86 bits per heavy atom. The van der Waals surface area contributed by atoms with E-state index in [9.17, 15) is 17.6 Å². The summed E-state index contributed by atoms with van der Waals surface area (Å²) < 4.78 is 38.7. The van der Waals surface area contributed by atoms with Crippen molar-refractivity contribution in [2.45, 2.75) is 31.6 Å². The minimum atomic E-state index is -3.67. The Kier molecular flexibility index (Phi) is 7.61. The van der Waals surface area contributed by atoms with Gasteiger partial charge in [-0.05, 0) is 48.4 Å². The predicted octanol–water partition coefficient (Wildman–Crippen LogP) is 4.89. The molecule has 5 aromatic heterocycles. The smallest absolute Gasteiger partial charge is 0.224 e. The van der Waals surface area contributed by atoms with Gasteiger partial charge < -0.3 is 16.0 Å². The molecule has 5 N–H and O–H groups in total.